The zero-order valence-corrected chi connectivity index (χ0v) is 10.4. The van der Waals surface area contributed by atoms with Gasteiger partial charge in [-0.15, -0.1) is 0 Å². The molecule has 17 heavy (non-hydrogen) atoms. The summed E-state index contributed by atoms with van der Waals surface area (Å²) < 4.78 is 25.5. The molecule has 0 radical (unpaired) electrons. The number of nitrogens with zero attached hydrogens (tertiary/aromatic N) is 3. The van der Waals surface area contributed by atoms with Gasteiger partial charge in [0.25, 0.3) is 0 Å². The molecule has 96 valence electrons. The van der Waals surface area contributed by atoms with Crippen molar-refractivity contribution in [3.8, 4) is 0 Å². The number of hydrogen-bond acceptors (Lipinski definition) is 6. The molecule has 0 saturated carbocycles. The molecule has 1 aromatic heterocycles. The summed E-state index contributed by atoms with van der Waals surface area (Å²) in [5.74, 6) is 0.0300. The Hall–Kier alpha value is -1.25. The van der Waals surface area contributed by atoms with Crippen LogP contribution in [-0.4, -0.2) is 47.5 Å². The molecule has 0 fully saturated rings. The average molecular weight is 260 g/mol. The van der Waals surface area contributed by atoms with Crippen LogP contribution in [0.1, 0.15) is 13.3 Å². The third-order valence-electron chi connectivity index (χ3n) is 2.20. The van der Waals surface area contributed by atoms with E-state index in [9.17, 15) is 8.42 Å². The van der Waals surface area contributed by atoms with Crippen molar-refractivity contribution in [3.63, 3.8) is 0 Å². The van der Waals surface area contributed by atoms with Crippen LogP contribution in [0.4, 0.5) is 5.95 Å². The standard InChI is InChI=1S/C9H16N4O3S/c1-2-13(4-3-5-14)17(15,16)8-6-11-9(10)12-7-8/h6-7,14H,2-5H2,1H3,(H2,10,11,12). The fourth-order valence-corrected chi connectivity index (χ4v) is 2.68. The molecule has 8 heteroatoms. The normalized spacial score (nSPS) is 11.9. The maximum Gasteiger partial charge on any atom is 0.246 e. The number of anilines is 1. The van der Waals surface area contributed by atoms with Gasteiger partial charge in [0.15, 0.2) is 0 Å². The van der Waals surface area contributed by atoms with Crippen LogP contribution < -0.4 is 5.73 Å². The van der Waals surface area contributed by atoms with Crippen LogP contribution in [0.5, 0.6) is 0 Å². The van der Waals surface area contributed by atoms with Gasteiger partial charge in [-0.25, -0.2) is 18.4 Å². The van der Waals surface area contributed by atoms with Gasteiger partial charge in [-0.05, 0) is 6.42 Å². The van der Waals surface area contributed by atoms with Crippen LogP contribution in [0.2, 0.25) is 0 Å². The van der Waals surface area contributed by atoms with Crippen LogP contribution >= 0.6 is 0 Å². The molecule has 0 aliphatic rings. The van der Waals surface area contributed by atoms with Crippen LogP contribution in [0.3, 0.4) is 0 Å². The maximum atomic E-state index is 12.1. The minimum atomic E-state index is -3.60. The third kappa shape index (κ3) is 3.35. The van der Waals surface area contributed by atoms with E-state index in [1.165, 1.54) is 16.7 Å². The molecule has 0 atom stereocenters. The SMILES string of the molecule is CCN(CCCO)S(=O)(=O)c1cnc(N)nc1. The highest BCUT2D eigenvalue weighted by atomic mass is 32.2. The molecule has 1 rings (SSSR count). The van der Waals surface area contributed by atoms with Gasteiger partial charge < -0.3 is 10.8 Å². The van der Waals surface area contributed by atoms with E-state index >= 15 is 0 Å². The Bertz CT molecular complexity index is 446. The van der Waals surface area contributed by atoms with Crippen molar-refractivity contribution in [2.45, 2.75) is 18.2 Å². The zero-order chi connectivity index (χ0) is 12.9. The number of hydrogen-bond donors (Lipinski definition) is 2. The number of sulfonamides is 1. The summed E-state index contributed by atoms with van der Waals surface area (Å²) in [6.07, 6.45) is 2.75. The predicted octanol–water partition coefficient (Wildman–Crippen LogP) is -0.548. The van der Waals surface area contributed by atoms with Crippen LogP contribution in [0.25, 0.3) is 0 Å². The molecule has 0 aliphatic carbocycles. The van der Waals surface area contributed by atoms with Crippen molar-refractivity contribution in [3.05, 3.63) is 12.4 Å². The van der Waals surface area contributed by atoms with Gasteiger partial charge in [-0.3, -0.25) is 0 Å². The van der Waals surface area contributed by atoms with Gasteiger partial charge in [0.1, 0.15) is 4.90 Å². The van der Waals surface area contributed by atoms with E-state index in [-0.39, 0.29) is 24.0 Å². The Labute approximate surface area is 100 Å². The van der Waals surface area contributed by atoms with Crippen LogP contribution in [0.15, 0.2) is 17.3 Å². The number of aromatic nitrogens is 2. The minimum absolute atomic E-state index is 0.00601. The third-order valence-corrected chi connectivity index (χ3v) is 4.13. The molecule has 1 aromatic rings. The van der Waals surface area contributed by atoms with E-state index in [2.05, 4.69) is 9.97 Å². The minimum Gasteiger partial charge on any atom is -0.396 e. The molecule has 0 unspecified atom stereocenters. The summed E-state index contributed by atoms with van der Waals surface area (Å²) in [5.41, 5.74) is 5.30. The van der Waals surface area contributed by atoms with E-state index in [0.717, 1.165) is 0 Å². The largest absolute Gasteiger partial charge is 0.396 e. The number of nitrogens with two attached hydrogens (primary N) is 1. The first-order valence-electron chi connectivity index (χ1n) is 5.21. The Kier molecular flexibility index (Phi) is 4.79. The van der Waals surface area contributed by atoms with E-state index in [4.69, 9.17) is 10.8 Å². The summed E-state index contributed by atoms with van der Waals surface area (Å²) in [5, 5.41) is 8.72. The molecule has 0 spiro atoms. The highest BCUT2D eigenvalue weighted by Gasteiger charge is 2.23. The van der Waals surface area contributed by atoms with Gasteiger partial charge in [-0.2, -0.15) is 4.31 Å². The molecule has 7 nitrogen and oxygen atoms in total. The van der Waals surface area contributed by atoms with Crippen LogP contribution in [0, 0.1) is 0 Å². The molecule has 3 N–H and O–H groups in total. The number of nitrogen functional groups attached to an aromatic ring is 1. The summed E-state index contributed by atoms with van der Waals surface area (Å²) in [4.78, 5) is 7.31. The lowest BCUT2D eigenvalue weighted by Crippen LogP contribution is -2.32. The van der Waals surface area contributed by atoms with Crippen molar-refractivity contribution >= 4 is 16.0 Å². The molecule has 0 aliphatic heterocycles. The van der Waals surface area contributed by atoms with Crippen molar-refractivity contribution in [1.82, 2.24) is 14.3 Å². The lowest BCUT2D eigenvalue weighted by molar-refractivity contribution is 0.271. The number of aliphatic hydroxyl groups is 1. The van der Waals surface area contributed by atoms with E-state index in [1.807, 2.05) is 0 Å². The monoisotopic (exact) mass is 260 g/mol. The first-order valence-corrected chi connectivity index (χ1v) is 6.65. The quantitative estimate of drug-likeness (QED) is 0.710. The van der Waals surface area contributed by atoms with E-state index < -0.39 is 10.0 Å². The van der Waals surface area contributed by atoms with Crippen LogP contribution in [-0.2, 0) is 10.0 Å². The molecule has 1 heterocycles. The first-order chi connectivity index (χ1) is 8.02. The van der Waals surface area contributed by atoms with Gasteiger partial charge in [-0.1, -0.05) is 6.92 Å². The molecule has 0 aromatic carbocycles. The second kappa shape index (κ2) is 5.89. The maximum absolute atomic E-state index is 12.1. The highest BCUT2D eigenvalue weighted by Crippen LogP contribution is 2.14. The highest BCUT2D eigenvalue weighted by molar-refractivity contribution is 7.89. The second-order valence-corrected chi connectivity index (χ2v) is 5.29. The van der Waals surface area contributed by atoms with Gasteiger partial charge >= 0.3 is 0 Å². The molecular weight excluding hydrogens is 244 g/mol. The topological polar surface area (TPSA) is 109 Å². The molecular formula is C9H16N4O3S. The Balaban J connectivity index is 2.95. The molecule has 0 amide bonds. The first kappa shape index (κ1) is 13.8. The van der Waals surface area contributed by atoms with Gasteiger partial charge in [0.05, 0.1) is 12.4 Å². The molecule has 0 saturated heterocycles. The lowest BCUT2D eigenvalue weighted by atomic mass is 10.4. The Morgan fingerprint density at radius 3 is 2.47 bits per heavy atom. The second-order valence-electron chi connectivity index (χ2n) is 3.35. The fourth-order valence-electron chi connectivity index (χ4n) is 1.30. The Morgan fingerprint density at radius 1 is 1.41 bits per heavy atom. The zero-order valence-electron chi connectivity index (χ0n) is 9.57. The summed E-state index contributed by atoms with van der Waals surface area (Å²) >= 11 is 0. The van der Waals surface area contributed by atoms with E-state index in [0.29, 0.717) is 13.0 Å². The predicted molar refractivity (Wildman–Crippen MR) is 62.6 cm³/mol. The smallest absolute Gasteiger partial charge is 0.246 e. The number of aliphatic hydroxyl groups excluding tert-OH is 1. The fraction of sp³-hybridized carbons (Fsp3) is 0.556. The van der Waals surface area contributed by atoms with Crippen molar-refractivity contribution in [1.29, 1.82) is 0 Å². The Morgan fingerprint density at radius 2 is 2.00 bits per heavy atom. The van der Waals surface area contributed by atoms with Crippen molar-refractivity contribution in [2.75, 3.05) is 25.4 Å². The van der Waals surface area contributed by atoms with Gasteiger partial charge in [0.2, 0.25) is 16.0 Å². The summed E-state index contributed by atoms with van der Waals surface area (Å²) in [6, 6.07) is 0. The summed E-state index contributed by atoms with van der Waals surface area (Å²) in [6.45, 7) is 2.27. The molecule has 0 bridgehead atoms. The van der Waals surface area contributed by atoms with Crippen molar-refractivity contribution < 1.29 is 13.5 Å². The van der Waals surface area contributed by atoms with Crippen molar-refractivity contribution in [2.24, 2.45) is 0 Å². The number of rotatable bonds is 6. The summed E-state index contributed by atoms with van der Waals surface area (Å²) in [7, 11) is -3.60. The van der Waals surface area contributed by atoms with E-state index in [1.54, 1.807) is 6.92 Å². The lowest BCUT2D eigenvalue weighted by Gasteiger charge is -2.19. The van der Waals surface area contributed by atoms with Gasteiger partial charge in [0, 0.05) is 19.7 Å². The average Bonchev–Trinajstić information content (AvgIpc) is 2.30.